The SMILES string of the molecule is CCCc1nc(CSC(C)CC)ncc1CO. The predicted molar refractivity (Wildman–Crippen MR) is 73.0 cm³/mol. The van der Waals surface area contributed by atoms with Crippen LogP contribution in [0.5, 0.6) is 0 Å². The van der Waals surface area contributed by atoms with Gasteiger partial charge in [-0.3, -0.25) is 0 Å². The molecule has 96 valence electrons. The van der Waals surface area contributed by atoms with E-state index in [1.165, 1.54) is 6.42 Å². The summed E-state index contributed by atoms with van der Waals surface area (Å²) in [5.74, 6) is 1.74. The molecule has 0 aliphatic carbocycles. The molecule has 17 heavy (non-hydrogen) atoms. The minimum Gasteiger partial charge on any atom is -0.392 e. The maximum Gasteiger partial charge on any atom is 0.138 e. The van der Waals surface area contributed by atoms with E-state index in [0.717, 1.165) is 35.7 Å². The molecule has 0 aliphatic heterocycles. The molecule has 1 rings (SSSR count). The summed E-state index contributed by atoms with van der Waals surface area (Å²) in [4.78, 5) is 8.85. The van der Waals surface area contributed by atoms with Crippen molar-refractivity contribution < 1.29 is 5.11 Å². The van der Waals surface area contributed by atoms with Gasteiger partial charge >= 0.3 is 0 Å². The lowest BCUT2D eigenvalue weighted by Gasteiger charge is -2.10. The van der Waals surface area contributed by atoms with Gasteiger partial charge in [0.2, 0.25) is 0 Å². The summed E-state index contributed by atoms with van der Waals surface area (Å²) in [6, 6.07) is 0. The number of nitrogens with zero attached hydrogens (tertiary/aromatic N) is 2. The highest BCUT2D eigenvalue weighted by atomic mass is 32.2. The van der Waals surface area contributed by atoms with Crippen LogP contribution in [0.1, 0.15) is 50.7 Å². The normalized spacial score (nSPS) is 12.7. The van der Waals surface area contributed by atoms with Crippen molar-refractivity contribution in [3.05, 3.63) is 23.3 Å². The Morgan fingerprint density at radius 1 is 1.41 bits per heavy atom. The van der Waals surface area contributed by atoms with E-state index in [2.05, 4.69) is 30.7 Å². The number of aliphatic hydroxyl groups excluding tert-OH is 1. The van der Waals surface area contributed by atoms with Crippen LogP contribution in [0.3, 0.4) is 0 Å². The number of aromatic nitrogens is 2. The quantitative estimate of drug-likeness (QED) is 0.812. The summed E-state index contributed by atoms with van der Waals surface area (Å²) in [5, 5.41) is 9.85. The molecule has 0 saturated heterocycles. The van der Waals surface area contributed by atoms with Gasteiger partial charge in [-0.15, -0.1) is 0 Å². The molecule has 1 unspecified atom stereocenters. The molecule has 0 bridgehead atoms. The maximum absolute atomic E-state index is 9.21. The molecule has 0 fully saturated rings. The Labute approximate surface area is 108 Å². The number of aliphatic hydroxyl groups is 1. The molecule has 0 aliphatic rings. The maximum atomic E-state index is 9.21. The van der Waals surface area contributed by atoms with Gasteiger partial charge in [-0.05, 0) is 12.8 Å². The molecule has 4 heteroatoms. The minimum absolute atomic E-state index is 0.0358. The third kappa shape index (κ3) is 4.64. The van der Waals surface area contributed by atoms with Crippen molar-refractivity contribution in [1.82, 2.24) is 9.97 Å². The molecular weight excluding hydrogens is 232 g/mol. The van der Waals surface area contributed by atoms with E-state index in [4.69, 9.17) is 0 Å². The summed E-state index contributed by atoms with van der Waals surface area (Å²) in [6.07, 6.45) is 4.90. The largest absolute Gasteiger partial charge is 0.392 e. The van der Waals surface area contributed by atoms with Gasteiger partial charge in [0, 0.05) is 22.7 Å². The van der Waals surface area contributed by atoms with Gasteiger partial charge in [-0.2, -0.15) is 11.8 Å². The van der Waals surface area contributed by atoms with Crippen LogP contribution in [-0.4, -0.2) is 20.3 Å². The number of thioether (sulfide) groups is 1. The molecule has 0 radical (unpaired) electrons. The molecule has 3 nitrogen and oxygen atoms in total. The highest BCUT2D eigenvalue weighted by molar-refractivity contribution is 7.99. The van der Waals surface area contributed by atoms with E-state index >= 15 is 0 Å². The van der Waals surface area contributed by atoms with Crippen molar-refractivity contribution in [2.45, 2.75) is 57.6 Å². The van der Waals surface area contributed by atoms with E-state index in [1.807, 2.05) is 11.8 Å². The second-order valence-electron chi connectivity index (χ2n) is 4.20. The Morgan fingerprint density at radius 2 is 2.18 bits per heavy atom. The van der Waals surface area contributed by atoms with Crippen LogP contribution in [0.15, 0.2) is 6.20 Å². The van der Waals surface area contributed by atoms with Gasteiger partial charge in [-0.25, -0.2) is 9.97 Å². The van der Waals surface area contributed by atoms with E-state index in [9.17, 15) is 5.11 Å². The fraction of sp³-hybridized carbons (Fsp3) is 0.692. The summed E-state index contributed by atoms with van der Waals surface area (Å²) >= 11 is 1.88. The van der Waals surface area contributed by atoms with Gasteiger partial charge in [0.1, 0.15) is 5.82 Å². The van der Waals surface area contributed by atoms with Crippen molar-refractivity contribution in [3.63, 3.8) is 0 Å². The summed E-state index contributed by atoms with van der Waals surface area (Å²) in [6.45, 7) is 6.57. The zero-order chi connectivity index (χ0) is 12.7. The monoisotopic (exact) mass is 254 g/mol. The Balaban J connectivity index is 2.70. The van der Waals surface area contributed by atoms with Crippen LogP contribution in [-0.2, 0) is 18.8 Å². The zero-order valence-corrected chi connectivity index (χ0v) is 11.8. The fourth-order valence-corrected chi connectivity index (χ4v) is 2.28. The molecule has 1 N–H and O–H groups in total. The van der Waals surface area contributed by atoms with Crippen molar-refractivity contribution >= 4 is 11.8 Å². The predicted octanol–water partition coefficient (Wildman–Crippen LogP) is 2.95. The minimum atomic E-state index is 0.0358. The molecule has 0 amide bonds. The Kier molecular flexibility index (Phi) is 6.52. The number of hydrogen-bond acceptors (Lipinski definition) is 4. The van der Waals surface area contributed by atoms with E-state index in [1.54, 1.807) is 6.20 Å². The molecule has 1 heterocycles. The van der Waals surface area contributed by atoms with Crippen LogP contribution < -0.4 is 0 Å². The molecule has 1 aromatic heterocycles. The van der Waals surface area contributed by atoms with E-state index < -0.39 is 0 Å². The van der Waals surface area contributed by atoms with Crippen molar-refractivity contribution in [1.29, 1.82) is 0 Å². The molecule has 0 saturated carbocycles. The van der Waals surface area contributed by atoms with Crippen molar-refractivity contribution in [3.8, 4) is 0 Å². The Morgan fingerprint density at radius 3 is 2.76 bits per heavy atom. The first kappa shape index (κ1) is 14.5. The van der Waals surface area contributed by atoms with E-state index in [0.29, 0.717) is 5.25 Å². The van der Waals surface area contributed by atoms with Gasteiger partial charge in [0.25, 0.3) is 0 Å². The number of aryl methyl sites for hydroxylation is 1. The third-order valence-electron chi connectivity index (χ3n) is 2.73. The standard InChI is InChI=1S/C13H22N2OS/c1-4-6-12-11(8-16)7-14-13(15-12)9-17-10(3)5-2/h7,10,16H,4-6,8-9H2,1-3H3. The smallest absolute Gasteiger partial charge is 0.138 e. The third-order valence-corrected chi connectivity index (χ3v) is 4.06. The topological polar surface area (TPSA) is 46.0 Å². The van der Waals surface area contributed by atoms with Gasteiger partial charge < -0.3 is 5.11 Å². The van der Waals surface area contributed by atoms with Crippen LogP contribution >= 0.6 is 11.8 Å². The van der Waals surface area contributed by atoms with Gasteiger partial charge in [0.15, 0.2) is 0 Å². The lowest BCUT2D eigenvalue weighted by atomic mass is 10.1. The lowest BCUT2D eigenvalue weighted by molar-refractivity contribution is 0.279. The number of hydrogen-bond donors (Lipinski definition) is 1. The van der Waals surface area contributed by atoms with E-state index in [-0.39, 0.29) is 6.61 Å². The second-order valence-corrected chi connectivity index (χ2v) is 5.62. The number of rotatable bonds is 7. The summed E-state index contributed by atoms with van der Waals surface area (Å²) in [5.41, 5.74) is 1.87. The van der Waals surface area contributed by atoms with Crippen LogP contribution in [0.4, 0.5) is 0 Å². The van der Waals surface area contributed by atoms with Gasteiger partial charge in [0.05, 0.1) is 12.4 Å². The first-order valence-corrected chi connectivity index (χ1v) is 7.32. The molecular formula is C13H22N2OS. The van der Waals surface area contributed by atoms with Crippen LogP contribution in [0.2, 0.25) is 0 Å². The van der Waals surface area contributed by atoms with Gasteiger partial charge in [-0.1, -0.05) is 27.2 Å². The highest BCUT2D eigenvalue weighted by Gasteiger charge is 2.07. The lowest BCUT2D eigenvalue weighted by Crippen LogP contribution is -2.05. The first-order chi connectivity index (χ1) is 8.21. The fourth-order valence-electron chi connectivity index (χ4n) is 1.47. The molecule has 0 spiro atoms. The average Bonchev–Trinajstić information content (AvgIpc) is 2.36. The second kappa shape index (κ2) is 7.67. The van der Waals surface area contributed by atoms with Crippen molar-refractivity contribution in [2.75, 3.05) is 0 Å². The summed E-state index contributed by atoms with van der Waals surface area (Å²) in [7, 11) is 0. The van der Waals surface area contributed by atoms with Crippen LogP contribution in [0.25, 0.3) is 0 Å². The average molecular weight is 254 g/mol. The zero-order valence-electron chi connectivity index (χ0n) is 10.9. The Bertz CT molecular complexity index is 344. The summed E-state index contributed by atoms with van der Waals surface area (Å²) < 4.78 is 0. The first-order valence-electron chi connectivity index (χ1n) is 6.27. The molecule has 1 atom stereocenters. The van der Waals surface area contributed by atoms with Crippen LogP contribution in [0, 0.1) is 0 Å². The Hall–Kier alpha value is -0.610. The molecule has 1 aromatic rings. The van der Waals surface area contributed by atoms with Crippen molar-refractivity contribution in [2.24, 2.45) is 0 Å². The highest BCUT2D eigenvalue weighted by Crippen LogP contribution is 2.18. The molecule has 0 aromatic carbocycles.